The summed E-state index contributed by atoms with van der Waals surface area (Å²) in [5, 5.41) is 0.00960. The molecule has 5 nitrogen and oxygen atoms in total. The fraction of sp³-hybridized carbons (Fsp3) is 0.211. The summed E-state index contributed by atoms with van der Waals surface area (Å²) in [7, 11) is 1.54. The van der Waals surface area contributed by atoms with Crippen molar-refractivity contribution in [2.75, 3.05) is 13.4 Å². The molecule has 3 rings (SSSR count). The molecule has 0 saturated carbocycles. The molecule has 0 fully saturated rings. The number of halogens is 3. The van der Waals surface area contributed by atoms with Crippen LogP contribution < -0.4 is 10.3 Å². The minimum absolute atomic E-state index is 0.00960. The topological polar surface area (TPSA) is 57.0 Å². The van der Waals surface area contributed by atoms with Gasteiger partial charge in [0.1, 0.15) is 11.4 Å². The highest BCUT2D eigenvalue weighted by atomic mass is 32.2. The van der Waals surface area contributed by atoms with E-state index in [4.69, 9.17) is 4.74 Å². The molecule has 146 valence electrons. The van der Waals surface area contributed by atoms with Crippen LogP contribution >= 0.6 is 11.8 Å². The maximum absolute atomic E-state index is 13.1. The van der Waals surface area contributed by atoms with Gasteiger partial charge >= 0.3 is 6.18 Å². The molecule has 0 aliphatic heterocycles. The van der Waals surface area contributed by atoms with E-state index in [2.05, 4.69) is 9.97 Å². The van der Waals surface area contributed by atoms with Crippen LogP contribution in [0.25, 0.3) is 11.3 Å². The zero-order valence-electron chi connectivity index (χ0n) is 15.0. The first kappa shape index (κ1) is 19.9. The number of alkyl halides is 3. The summed E-state index contributed by atoms with van der Waals surface area (Å²) in [5.41, 5.74) is 0.0213. The Bertz CT molecular complexity index is 1050. The van der Waals surface area contributed by atoms with Gasteiger partial charge in [-0.1, -0.05) is 23.9 Å². The van der Waals surface area contributed by atoms with Crippen molar-refractivity contribution in [1.29, 1.82) is 0 Å². The molecule has 0 aliphatic carbocycles. The smallest absolute Gasteiger partial charge is 0.433 e. The molecule has 0 spiro atoms. The first-order valence-corrected chi connectivity index (χ1v) is 9.36. The van der Waals surface area contributed by atoms with Crippen molar-refractivity contribution in [3.8, 4) is 17.0 Å². The first-order chi connectivity index (χ1) is 13.3. The van der Waals surface area contributed by atoms with Crippen LogP contribution in [-0.2, 0) is 12.7 Å². The second-order valence-electron chi connectivity index (χ2n) is 5.86. The van der Waals surface area contributed by atoms with Gasteiger partial charge in [-0.3, -0.25) is 4.79 Å². The van der Waals surface area contributed by atoms with Crippen molar-refractivity contribution in [2.24, 2.45) is 0 Å². The summed E-state index contributed by atoms with van der Waals surface area (Å²) < 4.78 is 46.0. The molecule has 0 bridgehead atoms. The van der Waals surface area contributed by atoms with Crippen LogP contribution in [0.2, 0.25) is 0 Å². The summed E-state index contributed by atoms with van der Waals surface area (Å²) >= 11 is 1.02. The highest BCUT2D eigenvalue weighted by Gasteiger charge is 2.33. The summed E-state index contributed by atoms with van der Waals surface area (Å²) in [4.78, 5) is 19.9. The normalized spacial score (nSPS) is 11.5. The van der Waals surface area contributed by atoms with E-state index in [0.717, 1.165) is 23.4 Å². The number of benzene rings is 1. The van der Waals surface area contributed by atoms with E-state index in [9.17, 15) is 18.0 Å². The van der Waals surface area contributed by atoms with Gasteiger partial charge in [0.2, 0.25) is 0 Å². The lowest BCUT2D eigenvalue weighted by atomic mass is 10.1. The zero-order chi connectivity index (χ0) is 20.3. The molecule has 0 saturated heterocycles. The van der Waals surface area contributed by atoms with Crippen molar-refractivity contribution >= 4 is 11.8 Å². The molecule has 0 unspecified atom stereocenters. The lowest BCUT2D eigenvalue weighted by Gasteiger charge is -2.12. The number of aromatic nitrogens is 3. The Morgan fingerprint density at radius 1 is 1.14 bits per heavy atom. The van der Waals surface area contributed by atoms with Crippen LogP contribution in [0.3, 0.4) is 0 Å². The van der Waals surface area contributed by atoms with Crippen molar-refractivity contribution in [3.05, 3.63) is 70.3 Å². The van der Waals surface area contributed by atoms with Gasteiger partial charge < -0.3 is 9.30 Å². The molecule has 28 heavy (non-hydrogen) atoms. The van der Waals surface area contributed by atoms with E-state index in [1.54, 1.807) is 31.6 Å². The number of thioether (sulfide) groups is 1. The molecular weight excluding hydrogens is 391 g/mol. The number of ether oxygens (including phenoxy) is 1. The second-order valence-corrected chi connectivity index (χ2v) is 6.63. The summed E-state index contributed by atoms with van der Waals surface area (Å²) in [5.74, 6) is 0.650. The van der Waals surface area contributed by atoms with Gasteiger partial charge in [0, 0.05) is 17.8 Å². The lowest BCUT2D eigenvalue weighted by Crippen LogP contribution is -2.19. The van der Waals surface area contributed by atoms with Gasteiger partial charge in [-0.15, -0.1) is 0 Å². The largest absolute Gasteiger partial charge is 0.497 e. The second kappa shape index (κ2) is 8.05. The van der Waals surface area contributed by atoms with Crippen LogP contribution in [0.4, 0.5) is 13.2 Å². The van der Waals surface area contributed by atoms with E-state index in [-0.39, 0.29) is 23.0 Å². The van der Waals surface area contributed by atoms with Crippen molar-refractivity contribution in [2.45, 2.75) is 17.9 Å². The Kier molecular flexibility index (Phi) is 5.73. The fourth-order valence-electron chi connectivity index (χ4n) is 2.58. The van der Waals surface area contributed by atoms with E-state index in [1.165, 1.54) is 22.9 Å². The van der Waals surface area contributed by atoms with E-state index < -0.39 is 11.9 Å². The van der Waals surface area contributed by atoms with Crippen LogP contribution in [0.15, 0.2) is 58.6 Å². The summed E-state index contributed by atoms with van der Waals surface area (Å²) in [6, 6.07) is 10.9. The van der Waals surface area contributed by atoms with Crippen molar-refractivity contribution in [3.63, 3.8) is 0 Å². The SMILES string of the molecule is COc1cccc(Cn2cc(-c3cc(C(F)(F)F)nc(SC)n3)ccc2=O)c1. The minimum Gasteiger partial charge on any atom is -0.497 e. The highest BCUT2D eigenvalue weighted by Crippen LogP contribution is 2.31. The first-order valence-electron chi connectivity index (χ1n) is 8.14. The molecule has 0 aliphatic rings. The molecule has 1 aromatic carbocycles. The Morgan fingerprint density at radius 3 is 2.61 bits per heavy atom. The number of methoxy groups -OCH3 is 1. The molecule has 0 amide bonds. The summed E-state index contributed by atoms with van der Waals surface area (Å²) in [6.07, 6.45) is -1.49. The maximum Gasteiger partial charge on any atom is 0.433 e. The van der Waals surface area contributed by atoms with E-state index in [0.29, 0.717) is 11.3 Å². The lowest BCUT2D eigenvalue weighted by molar-refractivity contribution is -0.141. The quantitative estimate of drug-likeness (QED) is 0.471. The monoisotopic (exact) mass is 407 g/mol. The van der Waals surface area contributed by atoms with Gasteiger partial charge in [-0.05, 0) is 36.1 Å². The van der Waals surface area contributed by atoms with Gasteiger partial charge in [0.15, 0.2) is 5.16 Å². The van der Waals surface area contributed by atoms with Crippen LogP contribution in [-0.4, -0.2) is 27.9 Å². The summed E-state index contributed by atoms with van der Waals surface area (Å²) in [6.45, 7) is 0.246. The van der Waals surface area contributed by atoms with E-state index >= 15 is 0 Å². The average molecular weight is 407 g/mol. The Morgan fingerprint density at radius 2 is 1.93 bits per heavy atom. The fourth-order valence-corrected chi connectivity index (χ4v) is 2.96. The Balaban J connectivity index is 2.02. The number of hydrogen-bond acceptors (Lipinski definition) is 5. The van der Waals surface area contributed by atoms with Crippen molar-refractivity contribution in [1.82, 2.24) is 14.5 Å². The molecular formula is C19H16F3N3O2S. The molecule has 0 N–H and O–H groups in total. The average Bonchev–Trinajstić information content (AvgIpc) is 2.68. The predicted molar refractivity (Wildman–Crippen MR) is 101 cm³/mol. The third kappa shape index (κ3) is 4.53. The van der Waals surface area contributed by atoms with Crippen molar-refractivity contribution < 1.29 is 17.9 Å². The molecule has 3 aromatic rings. The third-order valence-electron chi connectivity index (χ3n) is 3.94. The van der Waals surface area contributed by atoms with Gasteiger partial charge in [0.05, 0.1) is 19.3 Å². The number of pyridine rings is 1. The standard InChI is InChI=1S/C19H16F3N3O2S/c1-27-14-5-3-4-12(8-14)10-25-11-13(6-7-17(25)26)15-9-16(19(20,21)22)24-18(23-15)28-2/h3-9,11H,10H2,1-2H3. The molecule has 2 heterocycles. The van der Waals surface area contributed by atoms with Gasteiger partial charge in [-0.2, -0.15) is 13.2 Å². The molecule has 9 heteroatoms. The number of rotatable bonds is 5. The molecule has 0 atom stereocenters. The van der Waals surface area contributed by atoms with Gasteiger partial charge in [-0.25, -0.2) is 9.97 Å². The maximum atomic E-state index is 13.1. The predicted octanol–water partition coefficient (Wildman–Crippen LogP) is 4.10. The Hall–Kier alpha value is -2.81. The van der Waals surface area contributed by atoms with Crippen LogP contribution in [0, 0.1) is 0 Å². The van der Waals surface area contributed by atoms with E-state index in [1.807, 2.05) is 6.07 Å². The van der Waals surface area contributed by atoms with Crippen LogP contribution in [0.1, 0.15) is 11.3 Å². The zero-order valence-corrected chi connectivity index (χ0v) is 15.8. The third-order valence-corrected chi connectivity index (χ3v) is 4.49. The molecule has 0 radical (unpaired) electrons. The van der Waals surface area contributed by atoms with Gasteiger partial charge in [0.25, 0.3) is 5.56 Å². The Labute approximate surface area is 163 Å². The number of hydrogen-bond donors (Lipinski definition) is 0. The number of nitrogens with zero attached hydrogens (tertiary/aromatic N) is 3. The highest BCUT2D eigenvalue weighted by molar-refractivity contribution is 7.98. The minimum atomic E-state index is -4.59. The molecule has 2 aromatic heterocycles. The van der Waals surface area contributed by atoms with Crippen LogP contribution in [0.5, 0.6) is 5.75 Å².